The second kappa shape index (κ2) is 11.6. The van der Waals surface area contributed by atoms with Gasteiger partial charge in [-0.25, -0.2) is 4.79 Å². The summed E-state index contributed by atoms with van der Waals surface area (Å²) in [5, 5.41) is 0. The SMILES string of the molecule is C=C(CCCC)C(=O)OC.[SiH3]O[SiH3]. The van der Waals surface area contributed by atoms with Gasteiger partial charge in [-0.15, -0.1) is 0 Å². The van der Waals surface area contributed by atoms with Crippen molar-refractivity contribution in [1.82, 2.24) is 0 Å². The molecule has 0 saturated carbocycles. The van der Waals surface area contributed by atoms with E-state index in [1.807, 2.05) is 0 Å². The average molecular weight is 220 g/mol. The van der Waals surface area contributed by atoms with Crippen molar-refractivity contribution in [2.75, 3.05) is 7.11 Å². The molecule has 0 amide bonds. The Bertz CT molecular complexity index is 148. The fourth-order valence-electron chi connectivity index (χ4n) is 0.637. The van der Waals surface area contributed by atoms with Gasteiger partial charge in [0.1, 0.15) is 21.0 Å². The van der Waals surface area contributed by atoms with E-state index >= 15 is 0 Å². The molecule has 0 aromatic rings. The third-order valence-electron chi connectivity index (χ3n) is 1.31. The predicted octanol–water partition coefficient (Wildman–Crippen LogP) is -0.530. The molecule has 13 heavy (non-hydrogen) atoms. The Balaban J connectivity index is 0. The molecule has 0 fully saturated rings. The third kappa shape index (κ3) is 11.6. The first kappa shape index (κ1) is 15.1. The van der Waals surface area contributed by atoms with Crippen LogP contribution in [0.3, 0.4) is 0 Å². The van der Waals surface area contributed by atoms with Crippen molar-refractivity contribution >= 4 is 26.9 Å². The molecule has 0 aromatic carbocycles. The highest BCUT2D eigenvalue weighted by atomic mass is 28.3. The molecule has 0 rings (SSSR count). The van der Waals surface area contributed by atoms with Crippen LogP contribution < -0.4 is 0 Å². The van der Waals surface area contributed by atoms with Gasteiger partial charge in [-0.2, -0.15) is 0 Å². The van der Waals surface area contributed by atoms with Gasteiger partial charge in [-0.1, -0.05) is 19.9 Å². The molecule has 0 spiro atoms. The van der Waals surface area contributed by atoms with Gasteiger partial charge in [0.2, 0.25) is 0 Å². The van der Waals surface area contributed by atoms with Crippen LogP contribution >= 0.6 is 0 Å². The molecule has 0 heterocycles. The fourth-order valence-corrected chi connectivity index (χ4v) is 0.637. The van der Waals surface area contributed by atoms with Crippen LogP contribution in [0.1, 0.15) is 26.2 Å². The summed E-state index contributed by atoms with van der Waals surface area (Å²) in [5.74, 6) is -0.284. The first-order valence-corrected chi connectivity index (χ1v) is 5.93. The Kier molecular flexibility index (Phi) is 13.5. The second-order valence-corrected chi connectivity index (χ2v) is 5.87. The molecular weight excluding hydrogens is 200 g/mol. The highest BCUT2D eigenvalue weighted by Gasteiger charge is 2.03. The highest BCUT2D eigenvalue weighted by Crippen LogP contribution is 2.05. The number of esters is 1. The van der Waals surface area contributed by atoms with Crippen LogP contribution in [0.4, 0.5) is 0 Å². The molecule has 0 N–H and O–H groups in total. The Hall–Kier alpha value is -0.396. The smallest absolute Gasteiger partial charge is 0.333 e. The van der Waals surface area contributed by atoms with E-state index in [1.54, 1.807) is 0 Å². The van der Waals surface area contributed by atoms with Gasteiger partial charge in [0.15, 0.2) is 0 Å². The number of methoxy groups -OCH3 is 1. The Labute approximate surface area is 86.6 Å². The van der Waals surface area contributed by atoms with Gasteiger partial charge >= 0.3 is 5.97 Å². The largest absolute Gasteiger partial charge is 0.471 e. The predicted molar refractivity (Wildman–Crippen MR) is 61.6 cm³/mol. The molecule has 78 valence electrons. The zero-order chi connectivity index (χ0) is 10.7. The van der Waals surface area contributed by atoms with E-state index in [9.17, 15) is 4.79 Å². The van der Waals surface area contributed by atoms with Crippen LogP contribution in [0, 0.1) is 0 Å². The van der Waals surface area contributed by atoms with Gasteiger partial charge in [0.25, 0.3) is 0 Å². The Morgan fingerprint density at radius 3 is 2.23 bits per heavy atom. The molecule has 0 aromatic heterocycles. The summed E-state index contributed by atoms with van der Waals surface area (Å²) in [6, 6.07) is 0. The number of ether oxygens (including phenoxy) is 1. The molecule has 0 atom stereocenters. The Morgan fingerprint density at radius 2 is 1.92 bits per heavy atom. The number of rotatable bonds is 4. The molecule has 3 nitrogen and oxygen atoms in total. The topological polar surface area (TPSA) is 35.5 Å². The lowest BCUT2D eigenvalue weighted by Crippen LogP contribution is -2.02. The molecule has 0 bridgehead atoms. The lowest BCUT2D eigenvalue weighted by Gasteiger charge is -2.00. The molecule has 0 radical (unpaired) electrons. The summed E-state index contributed by atoms with van der Waals surface area (Å²) in [6.45, 7) is 5.66. The van der Waals surface area contributed by atoms with Gasteiger partial charge < -0.3 is 8.85 Å². The molecule has 0 saturated heterocycles. The minimum absolute atomic E-state index is 0.284. The van der Waals surface area contributed by atoms with Crippen LogP contribution in [0.5, 0.6) is 0 Å². The number of carbonyl (C=O) groups excluding carboxylic acids is 1. The van der Waals surface area contributed by atoms with E-state index in [0.29, 0.717) is 5.57 Å². The maximum Gasteiger partial charge on any atom is 0.333 e. The minimum Gasteiger partial charge on any atom is -0.471 e. The van der Waals surface area contributed by atoms with Crippen LogP contribution in [0.25, 0.3) is 0 Å². The van der Waals surface area contributed by atoms with E-state index in [0.717, 1.165) is 40.2 Å². The van der Waals surface area contributed by atoms with Gasteiger partial charge in [-0.3, -0.25) is 0 Å². The van der Waals surface area contributed by atoms with Crippen molar-refractivity contribution in [2.45, 2.75) is 26.2 Å². The van der Waals surface area contributed by atoms with Crippen LogP contribution in [0.15, 0.2) is 12.2 Å². The summed E-state index contributed by atoms with van der Waals surface area (Å²) in [6.07, 6.45) is 2.84. The van der Waals surface area contributed by atoms with Crippen molar-refractivity contribution in [3.05, 3.63) is 12.2 Å². The lowest BCUT2D eigenvalue weighted by atomic mass is 10.1. The normalized spacial score (nSPS) is 8.77. The summed E-state index contributed by atoms with van der Waals surface area (Å²) < 4.78 is 9.00. The molecule has 0 unspecified atom stereocenters. The average Bonchev–Trinajstić information content (AvgIpc) is 2.14. The lowest BCUT2D eigenvalue weighted by molar-refractivity contribution is -0.136. The zero-order valence-corrected chi connectivity index (χ0v) is 13.1. The van der Waals surface area contributed by atoms with E-state index in [-0.39, 0.29) is 5.97 Å². The van der Waals surface area contributed by atoms with Crippen molar-refractivity contribution in [2.24, 2.45) is 0 Å². The molecule has 0 aliphatic carbocycles. The van der Waals surface area contributed by atoms with Crippen LogP contribution in [-0.4, -0.2) is 34.1 Å². The molecule has 0 aliphatic rings. The Morgan fingerprint density at radius 1 is 1.46 bits per heavy atom. The summed E-state index contributed by atoms with van der Waals surface area (Å²) in [4.78, 5) is 10.7. The first-order chi connectivity index (χ1) is 6.13. The third-order valence-corrected chi connectivity index (χ3v) is 1.31. The van der Waals surface area contributed by atoms with E-state index in [1.165, 1.54) is 7.11 Å². The number of unbranched alkanes of at least 4 members (excludes halogenated alkanes) is 1. The van der Waals surface area contributed by atoms with E-state index < -0.39 is 0 Å². The monoisotopic (exact) mass is 220 g/mol. The number of hydrogen-bond donors (Lipinski definition) is 0. The second-order valence-electron chi connectivity index (χ2n) is 2.61. The van der Waals surface area contributed by atoms with Crippen molar-refractivity contribution in [3.8, 4) is 0 Å². The fraction of sp³-hybridized carbons (Fsp3) is 0.625. The van der Waals surface area contributed by atoms with E-state index in [2.05, 4.69) is 22.4 Å². The highest BCUT2D eigenvalue weighted by molar-refractivity contribution is 6.15. The van der Waals surface area contributed by atoms with Crippen molar-refractivity contribution in [3.63, 3.8) is 0 Å². The summed E-state index contributed by atoms with van der Waals surface area (Å²) >= 11 is 0. The number of carbonyl (C=O) groups is 1. The van der Waals surface area contributed by atoms with Gasteiger partial charge in [0.05, 0.1) is 7.11 Å². The van der Waals surface area contributed by atoms with Crippen LogP contribution in [0.2, 0.25) is 0 Å². The molecule has 5 heteroatoms. The summed E-state index contributed by atoms with van der Waals surface area (Å²) in [7, 11) is 3.24. The van der Waals surface area contributed by atoms with Crippen molar-refractivity contribution < 1.29 is 13.6 Å². The molecular formula is C8H20O3Si2. The van der Waals surface area contributed by atoms with E-state index in [4.69, 9.17) is 0 Å². The standard InChI is InChI=1S/C8H14O2.H6OSi2/c1-4-5-6-7(2)8(9)10-3;2-1-3/h2,4-6H2,1,3H3;2-3H3. The minimum atomic E-state index is -0.284. The maximum atomic E-state index is 10.7. The quantitative estimate of drug-likeness (QED) is 0.363. The van der Waals surface area contributed by atoms with Crippen molar-refractivity contribution in [1.29, 1.82) is 0 Å². The zero-order valence-electron chi connectivity index (χ0n) is 9.05. The number of hydrogen-bond acceptors (Lipinski definition) is 3. The molecule has 0 aliphatic heterocycles. The van der Waals surface area contributed by atoms with Gasteiger partial charge in [0, 0.05) is 5.57 Å². The first-order valence-electron chi connectivity index (χ1n) is 4.30. The van der Waals surface area contributed by atoms with Gasteiger partial charge in [-0.05, 0) is 12.8 Å². The van der Waals surface area contributed by atoms with Crippen LogP contribution in [-0.2, 0) is 13.6 Å². The maximum absolute atomic E-state index is 10.7. The summed E-state index contributed by atoms with van der Waals surface area (Å²) in [5.41, 5.74) is 0.573.